The normalized spacial score (nSPS) is 13.9. The van der Waals surface area contributed by atoms with Gasteiger partial charge < -0.3 is 10.4 Å². The molecule has 0 spiro atoms. The van der Waals surface area contributed by atoms with Gasteiger partial charge in [0.1, 0.15) is 16.7 Å². The molecule has 0 fully saturated rings. The van der Waals surface area contributed by atoms with E-state index in [1.807, 2.05) is 0 Å². The maximum atomic E-state index is 12.8. The van der Waals surface area contributed by atoms with Gasteiger partial charge in [0.15, 0.2) is 0 Å². The lowest BCUT2D eigenvalue weighted by molar-refractivity contribution is -0.137. The van der Waals surface area contributed by atoms with Crippen molar-refractivity contribution in [3.8, 4) is 11.1 Å². The highest BCUT2D eigenvalue weighted by Crippen LogP contribution is 2.32. The van der Waals surface area contributed by atoms with E-state index in [-0.39, 0.29) is 5.69 Å². The number of rotatable bonds is 5. The largest absolute Gasteiger partial charge is 0.416 e. The van der Waals surface area contributed by atoms with Crippen LogP contribution in [-0.2, 0) is 6.18 Å². The molecule has 2 unspecified atom stereocenters. The summed E-state index contributed by atoms with van der Waals surface area (Å²) in [5.41, 5.74) is 0.950. The number of alkyl halides is 3. The zero-order chi connectivity index (χ0) is 21.2. The Labute approximate surface area is 164 Å². The minimum absolute atomic E-state index is 0.0343. The van der Waals surface area contributed by atoms with Crippen LogP contribution in [0.3, 0.4) is 0 Å². The highest BCUT2D eigenvalue weighted by atomic mass is 19.4. The number of aliphatic hydroxyl groups excluding tert-OH is 1. The summed E-state index contributed by atoms with van der Waals surface area (Å²) in [7, 11) is 0. The number of aliphatic hydroxyl groups is 1. The van der Waals surface area contributed by atoms with Crippen LogP contribution in [0.1, 0.15) is 36.3 Å². The van der Waals surface area contributed by atoms with E-state index in [0.29, 0.717) is 28.6 Å². The summed E-state index contributed by atoms with van der Waals surface area (Å²) in [5.74, 6) is -0.505. The summed E-state index contributed by atoms with van der Waals surface area (Å²) in [4.78, 5) is 25.0. The van der Waals surface area contributed by atoms with Crippen molar-refractivity contribution >= 4 is 16.9 Å². The number of nitrogens with zero attached hydrogens (tertiary/aromatic N) is 3. The number of hydrogen-bond acceptors (Lipinski definition) is 5. The third kappa shape index (κ3) is 4.51. The number of nitrogens with one attached hydrogen (secondary N) is 1. The van der Waals surface area contributed by atoms with Crippen molar-refractivity contribution in [2.45, 2.75) is 38.6 Å². The first-order valence-electron chi connectivity index (χ1n) is 8.98. The second-order valence-electron chi connectivity index (χ2n) is 6.62. The van der Waals surface area contributed by atoms with Gasteiger partial charge in [-0.1, -0.05) is 19.1 Å². The molecule has 1 aromatic carbocycles. The van der Waals surface area contributed by atoms with Crippen LogP contribution in [0.2, 0.25) is 0 Å². The maximum absolute atomic E-state index is 12.8. The van der Waals surface area contributed by atoms with Gasteiger partial charge in [0.25, 0.3) is 5.91 Å². The molecule has 152 valence electrons. The Balaban J connectivity index is 1.97. The van der Waals surface area contributed by atoms with Gasteiger partial charge in [0, 0.05) is 11.8 Å². The number of halogens is 3. The molecule has 0 aliphatic heterocycles. The molecular formula is C20H19F3N4O2. The number of carbonyl (C=O) groups is 1. The van der Waals surface area contributed by atoms with E-state index in [2.05, 4.69) is 20.3 Å². The average Bonchev–Trinajstić information content (AvgIpc) is 2.71. The van der Waals surface area contributed by atoms with E-state index in [1.54, 1.807) is 13.8 Å². The van der Waals surface area contributed by atoms with E-state index < -0.39 is 29.8 Å². The van der Waals surface area contributed by atoms with Crippen molar-refractivity contribution in [2.75, 3.05) is 0 Å². The standard InChI is InChI=1S/C20H19F3N4O2/c1-3-17(28)11(2)26-19(29)16-10-25-15-9-24-8-14(18(15)27-16)12-4-6-13(7-5-12)20(21,22)23/h4-11,17,28H,3H2,1-2H3,(H,26,29). The molecule has 0 saturated carbocycles. The van der Waals surface area contributed by atoms with Gasteiger partial charge in [-0.15, -0.1) is 0 Å². The van der Waals surface area contributed by atoms with Gasteiger partial charge >= 0.3 is 6.18 Å². The number of hydrogen-bond donors (Lipinski definition) is 2. The first kappa shape index (κ1) is 20.7. The van der Waals surface area contributed by atoms with Gasteiger partial charge in [-0.3, -0.25) is 14.8 Å². The monoisotopic (exact) mass is 404 g/mol. The second-order valence-corrected chi connectivity index (χ2v) is 6.62. The van der Waals surface area contributed by atoms with Gasteiger partial charge in [0.2, 0.25) is 0 Å². The molecule has 0 aliphatic rings. The lowest BCUT2D eigenvalue weighted by Crippen LogP contribution is -2.41. The molecule has 3 aromatic rings. The molecule has 9 heteroatoms. The Morgan fingerprint density at radius 1 is 1.17 bits per heavy atom. The number of pyridine rings is 1. The number of amides is 1. The molecule has 3 rings (SSSR count). The van der Waals surface area contributed by atoms with Crippen LogP contribution in [0.5, 0.6) is 0 Å². The van der Waals surface area contributed by atoms with Crippen molar-refractivity contribution in [2.24, 2.45) is 0 Å². The Kier molecular flexibility index (Phi) is 5.78. The number of fused-ring (bicyclic) bond motifs is 1. The Bertz CT molecular complexity index is 1020. The molecule has 2 N–H and O–H groups in total. The van der Waals surface area contributed by atoms with Crippen molar-refractivity contribution < 1.29 is 23.1 Å². The third-order valence-electron chi connectivity index (χ3n) is 4.57. The van der Waals surface area contributed by atoms with Crippen LogP contribution in [0.15, 0.2) is 42.9 Å². The molecule has 29 heavy (non-hydrogen) atoms. The molecule has 2 atom stereocenters. The lowest BCUT2D eigenvalue weighted by Gasteiger charge is -2.18. The van der Waals surface area contributed by atoms with E-state index in [4.69, 9.17) is 0 Å². The van der Waals surface area contributed by atoms with Crippen molar-refractivity contribution in [3.05, 3.63) is 54.1 Å². The molecule has 6 nitrogen and oxygen atoms in total. The van der Waals surface area contributed by atoms with Gasteiger partial charge in [-0.25, -0.2) is 4.98 Å². The van der Waals surface area contributed by atoms with Crippen molar-refractivity contribution in [3.63, 3.8) is 0 Å². The van der Waals surface area contributed by atoms with Crippen molar-refractivity contribution in [1.29, 1.82) is 0 Å². The molecule has 2 heterocycles. The molecule has 1 amide bonds. The van der Waals surface area contributed by atoms with Gasteiger partial charge in [-0.2, -0.15) is 13.2 Å². The van der Waals surface area contributed by atoms with E-state index in [9.17, 15) is 23.1 Å². The molecule has 0 aliphatic carbocycles. The van der Waals surface area contributed by atoms with Gasteiger partial charge in [-0.05, 0) is 31.0 Å². The summed E-state index contributed by atoms with van der Waals surface area (Å²) >= 11 is 0. The Morgan fingerprint density at radius 2 is 1.86 bits per heavy atom. The van der Waals surface area contributed by atoms with Crippen LogP contribution in [0.4, 0.5) is 13.2 Å². The fraction of sp³-hybridized carbons (Fsp3) is 0.300. The molecule has 2 aromatic heterocycles. The second kappa shape index (κ2) is 8.12. The van der Waals surface area contributed by atoms with E-state index >= 15 is 0 Å². The van der Waals surface area contributed by atoms with Crippen molar-refractivity contribution in [1.82, 2.24) is 20.3 Å². The van der Waals surface area contributed by atoms with Crippen LogP contribution in [0, 0.1) is 0 Å². The summed E-state index contributed by atoms with van der Waals surface area (Å²) < 4.78 is 38.4. The first-order valence-corrected chi connectivity index (χ1v) is 8.98. The smallest absolute Gasteiger partial charge is 0.391 e. The molecule has 0 radical (unpaired) electrons. The zero-order valence-electron chi connectivity index (χ0n) is 15.7. The highest BCUT2D eigenvalue weighted by Gasteiger charge is 2.30. The average molecular weight is 404 g/mol. The predicted molar refractivity (Wildman–Crippen MR) is 101 cm³/mol. The van der Waals surface area contributed by atoms with Crippen LogP contribution in [0.25, 0.3) is 22.2 Å². The van der Waals surface area contributed by atoms with Crippen LogP contribution in [-0.4, -0.2) is 38.1 Å². The fourth-order valence-electron chi connectivity index (χ4n) is 2.82. The molecular weight excluding hydrogens is 385 g/mol. The van der Waals surface area contributed by atoms with E-state index in [1.165, 1.54) is 30.7 Å². The van der Waals surface area contributed by atoms with Gasteiger partial charge in [0.05, 0.1) is 30.1 Å². The quantitative estimate of drug-likeness (QED) is 0.678. The summed E-state index contributed by atoms with van der Waals surface area (Å²) in [6, 6.07) is 4.13. The third-order valence-corrected chi connectivity index (χ3v) is 4.57. The number of carbonyl (C=O) groups excluding carboxylic acids is 1. The number of aromatic nitrogens is 3. The fourth-order valence-corrected chi connectivity index (χ4v) is 2.82. The number of benzene rings is 1. The SMILES string of the molecule is CCC(O)C(C)NC(=O)c1cnc2cncc(-c3ccc(C(F)(F)F)cc3)c2n1. The zero-order valence-corrected chi connectivity index (χ0v) is 15.7. The highest BCUT2D eigenvalue weighted by molar-refractivity contribution is 5.96. The minimum Gasteiger partial charge on any atom is -0.391 e. The first-order chi connectivity index (χ1) is 13.7. The Morgan fingerprint density at radius 3 is 2.48 bits per heavy atom. The molecule has 0 saturated heterocycles. The minimum atomic E-state index is -4.43. The molecule has 0 bridgehead atoms. The maximum Gasteiger partial charge on any atom is 0.416 e. The summed E-state index contributed by atoms with van der Waals surface area (Å²) in [6.45, 7) is 3.48. The lowest BCUT2D eigenvalue weighted by atomic mass is 10.0. The summed E-state index contributed by atoms with van der Waals surface area (Å²) in [5, 5.41) is 12.5. The van der Waals surface area contributed by atoms with Crippen LogP contribution < -0.4 is 5.32 Å². The Hall–Kier alpha value is -3.07. The van der Waals surface area contributed by atoms with Crippen LogP contribution >= 0.6 is 0 Å². The topological polar surface area (TPSA) is 88.0 Å². The predicted octanol–water partition coefficient (Wildman–Crippen LogP) is 3.60. The van der Waals surface area contributed by atoms with E-state index in [0.717, 1.165) is 12.1 Å². The summed E-state index contributed by atoms with van der Waals surface area (Å²) in [6.07, 6.45) is -0.430.